The van der Waals surface area contributed by atoms with Gasteiger partial charge in [-0.1, -0.05) is 44.0 Å². The van der Waals surface area contributed by atoms with Crippen LogP contribution in [-0.4, -0.2) is 36.3 Å². The van der Waals surface area contributed by atoms with Gasteiger partial charge in [-0.15, -0.1) is 0 Å². The molecule has 0 saturated carbocycles. The minimum absolute atomic E-state index is 0.504. The number of pyridine rings is 1. The van der Waals surface area contributed by atoms with Crippen molar-refractivity contribution in [2.45, 2.75) is 18.8 Å². The number of anilines is 1. The summed E-state index contributed by atoms with van der Waals surface area (Å²) in [6, 6.07) is 15.8. The Kier molecular flexibility index (Phi) is 7.21. The van der Waals surface area contributed by atoms with Crippen molar-refractivity contribution in [1.29, 1.82) is 0 Å². The smallest absolute Gasteiger partial charge is 0.152 e. The molecule has 0 radical (unpaired) electrons. The topological polar surface area (TPSA) is 59.2 Å². The lowest BCUT2D eigenvalue weighted by atomic mass is 9.93. The highest BCUT2D eigenvalue weighted by Gasteiger charge is 2.19. The number of likely N-dealkylation sites (tertiary alicyclic amines) is 1. The molecule has 0 bridgehead atoms. The monoisotopic (exact) mass is 503 g/mol. The van der Waals surface area contributed by atoms with Crippen molar-refractivity contribution in [3.63, 3.8) is 0 Å². The number of aromatic nitrogens is 1. The van der Waals surface area contributed by atoms with Crippen LogP contribution in [0.4, 0.5) is 5.69 Å². The summed E-state index contributed by atoms with van der Waals surface area (Å²) < 4.78 is 1.98. The van der Waals surface area contributed by atoms with Crippen LogP contribution in [0.5, 0.6) is 0 Å². The highest BCUT2D eigenvalue weighted by Crippen LogP contribution is 2.28. The first-order valence-corrected chi connectivity index (χ1v) is 10.8. The summed E-state index contributed by atoms with van der Waals surface area (Å²) in [5, 5.41) is 1.22. The average Bonchev–Trinajstić information content (AvgIpc) is 2.68. The van der Waals surface area contributed by atoms with Gasteiger partial charge in [0.15, 0.2) is 6.29 Å². The molecule has 0 aliphatic carbocycles. The van der Waals surface area contributed by atoms with E-state index in [1.54, 1.807) is 18.2 Å². The van der Waals surface area contributed by atoms with Gasteiger partial charge in [0.25, 0.3) is 0 Å². The normalized spacial score (nSPS) is 15.1. The van der Waals surface area contributed by atoms with Crippen LogP contribution in [0.3, 0.4) is 0 Å². The zero-order valence-electron chi connectivity index (χ0n) is 15.7. The fourth-order valence-electron chi connectivity index (χ4n) is 3.29. The summed E-state index contributed by atoms with van der Waals surface area (Å²) in [5.41, 5.74) is 8.86. The first kappa shape index (κ1) is 21.0. The van der Waals surface area contributed by atoms with Crippen molar-refractivity contribution < 1.29 is 4.79 Å². The molecule has 1 fully saturated rings. The van der Waals surface area contributed by atoms with Crippen LogP contribution in [0.25, 0.3) is 10.9 Å². The molecule has 2 heterocycles. The quantitative estimate of drug-likeness (QED) is 0.362. The van der Waals surface area contributed by atoms with Crippen LogP contribution in [0.1, 0.15) is 34.8 Å². The van der Waals surface area contributed by atoms with Gasteiger partial charge >= 0.3 is 0 Å². The molecule has 0 unspecified atom stereocenters. The highest BCUT2D eigenvalue weighted by atomic mass is 79.9. The summed E-state index contributed by atoms with van der Waals surface area (Å²) in [4.78, 5) is 17.5. The van der Waals surface area contributed by atoms with Gasteiger partial charge in [0.1, 0.15) is 0 Å². The Morgan fingerprint density at radius 2 is 1.68 bits per heavy atom. The summed E-state index contributed by atoms with van der Waals surface area (Å²) in [6.45, 7) is 2.37. The first-order valence-electron chi connectivity index (χ1n) is 9.21. The third-order valence-corrected chi connectivity index (χ3v) is 5.97. The Labute approximate surface area is 182 Å². The van der Waals surface area contributed by atoms with Crippen molar-refractivity contribution in [2.24, 2.45) is 0 Å². The summed E-state index contributed by atoms with van der Waals surface area (Å²) >= 11 is 6.74. The maximum absolute atomic E-state index is 10.2. The summed E-state index contributed by atoms with van der Waals surface area (Å²) in [5.74, 6) is 0.629. The zero-order valence-corrected chi connectivity index (χ0v) is 18.9. The molecule has 28 heavy (non-hydrogen) atoms. The second-order valence-corrected chi connectivity index (χ2v) is 8.87. The predicted molar refractivity (Wildman–Crippen MR) is 123 cm³/mol. The maximum Gasteiger partial charge on any atom is 0.152 e. The van der Waals surface area contributed by atoms with E-state index in [0.717, 1.165) is 20.7 Å². The molecule has 6 heteroatoms. The van der Waals surface area contributed by atoms with Gasteiger partial charge < -0.3 is 10.6 Å². The third kappa shape index (κ3) is 5.40. The lowest BCUT2D eigenvalue weighted by Gasteiger charge is -2.28. The third-order valence-electron chi connectivity index (χ3n) is 4.99. The van der Waals surface area contributed by atoms with Crippen LogP contribution in [0.2, 0.25) is 0 Å². The lowest BCUT2D eigenvalue weighted by molar-refractivity contribution is 0.112. The number of carbonyl (C=O) groups excluding carboxylic acids is 1. The number of aldehydes is 1. The molecule has 0 spiro atoms. The number of piperidine rings is 1. The van der Waals surface area contributed by atoms with Gasteiger partial charge in [-0.3, -0.25) is 9.78 Å². The van der Waals surface area contributed by atoms with E-state index in [-0.39, 0.29) is 0 Å². The molecule has 2 aromatic carbocycles. The van der Waals surface area contributed by atoms with Crippen LogP contribution in [-0.2, 0) is 0 Å². The van der Waals surface area contributed by atoms with Gasteiger partial charge in [0, 0.05) is 37.2 Å². The van der Waals surface area contributed by atoms with E-state index in [0.29, 0.717) is 17.2 Å². The number of hydrogen-bond acceptors (Lipinski definition) is 4. The number of nitrogens with two attached hydrogens (primary N) is 1. The number of hydrogen-bond donors (Lipinski definition) is 1. The molecule has 4 rings (SSSR count). The van der Waals surface area contributed by atoms with Crippen LogP contribution >= 0.6 is 31.9 Å². The van der Waals surface area contributed by atoms with Crippen molar-refractivity contribution in [2.75, 3.05) is 25.9 Å². The molecular weight excluding hydrogens is 482 g/mol. The van der Waals surface area contributed by atoms with E-state index in [1.807, 2.05) is 0 Å². The molecule has 0 atom stereocenters. The van der Waals surface area contributed by atoms with Crippen LogP contribution in [0.15, 0.2) is 57.5 Å². The SMILES string of the molecule is CN1CCC(c2ccc3ccc(Br)cc3n2)CC1.Nc1cc(Br)ccc1C=O. The fraction of sp³-hybridized carbons (Fsp3) is 0.273. The maximum atomic E-state index is 10.2. The minimum atomic E-state index is 0.504. The Morgan fingerprint density at radius 1 is 1.04 bits per heavy atom. The molecular formula is C22H23Br2N3O. The Bertz CT molecular complexity index is 969. The van der Waals surface area contributed by atoms with E-state index in [4.69, 9.17) is 10.7 Å². The molecule has 3 aromatic rings. The number of carbonyl (C=O) groups is 1. The van der Waals surface area contributed by atoms with Gasteiger partial charge in [-0.05, 0) is 69.4 Å². The average molecular weight is 505 g/mol. The number of fused-ring (bicyclic) bond motifs is 1. The standard InChI is InChI=1S/C15H17BrN2.C7H6BrNO/c1-18-8-6-12(7-9-18)14-5-3-11-2-4-13(16)10-15(11)17-14;8-6-2-1-5(4-10)7(9)3-6/h2-5,10,12H,6-9H2,1H3;1-4H,9H2. The molecule has 1 aliphatic heterocycles. The van der Waals surface area contributed by atoms with Crippen molar-refractivity contribution in [3.8, 4) is 0 Å². The first-order chi connectivity index (χ1) is 13.5. The van der Waals surface area contributed by atoms with Gasteiger partial charge in [-0.25, -0.2) is 0 Å². The highest BCUT2D eigenvalue weighted by molar-refractivity contribution is 9.10. The van der Waals surface area contributed by atoms with Gasteiger partial charge in [0.2, 0.25) is 0 Å². The van der Waals surface area contributed by atoms with E-state index in [9.17, 15) is 4.79 Å². The summed E-state index contributed by atoms with van der Waals surface area (Å²) in [6.07, 6.45) is 3.19. The Morgan fingerprint density at radius 3 is 2.36 bits per heavy atom. The van der Waals surface area contributed by atoms with Crippen molar-refractivity contribution >= 4 is 54.7 Å². The van der Waals surface area contributed by atoms with Crippen LogP contribution in [0, 0.1) is 0 Å². The van der Waals surface area contributed by atoms with E-state index >= 15 is 0 Å². The number of halogens is 2. The molecule has 1 saturated heterocycles. The van der Waals surface area contributed by atoms with E-state index in [1.165, 1.54) is 37.0 Å². The Balaban J connectivity index is 0.000000192. The number of benzene rings is 2. The van der Waals surface area contributed by atoms with Gasteiger partial charge in [0.05, 0.1) is 5.52 Å². The predicted octanol–water partition coefficient (Wildman–Crippen LogP) is 5.65. The molecule has 1 aromatic heterocycles. The molecule has 146 valence electrons. The molecule has 2 N–H and O–H groups in total. The van der Waals surface area contributed by atoms with Crippen molar-refractivity contribution in [3.05, 3.63) is 68.7 Å². The molecule has 0 amide bonds. The molecule has 1 aliphatic rings. The summed E-state index contributed by atoms with van der Waals surface area (Å²) in [7, 11) is 2.20. The van der Waals surface area contributed by atoms with E-state index in [2.05, 4.69) is 74.1 Å². The lowest BCUT2D eigenvalue weighted by Crippen LogP contribution is -2.29. The largest absolute Gasteiger partial charge is 0.398 e. The second kappa shape index (κ2) is 9.63. The van der Waals surface area contributed by atoms with Gasteiger partial charge in [-0.2, -0.15) is 0 Å². The molecule has 4 nitrogen and oxygen atoms in total. The number of nitrogens with zero attached hydrogens (tertiary/aromatic N) is 2. The number of nitrogen functional groups attached to an aromatic ring is 1. The second-order valence-electron chi connectivity index (χ2n) is 7.04. The van der Waals surface area contributed by atoms with E-state index < -0.39 is 0 Å². The van der Waals surface area contributed by atoms with Crippen molar-refractivity contribution in [1.82, 2.24) is 9.88 Å². The number of rotatable bonds is 2. The Hall–Kier alpha value is -1.76. The van der Waals surface area contributed by atoms with Crippen LogP contribution < -0.4 is 5.73 Å². The fourth-order valence-corrected chi connectivity index (χ4v) is 4.02. The minimum Gasteiger partial charge on any atom is -0.398 e. The zero-order chi connectivity index (χ0) is 20.1.